The Morgan fingerprint density at radius 1 is 1.05 bits per heavy atom. The Kier molecular flexibility index (Phi) is 9.98. The second-order valence-corrected chi connectivity index (χ2v) is 10.8. The van der Waals surface area contributed by atoms with E-state index in [0.717, 1.165) is 48.3 Å². The maximum atomic E-state index is 13.3. The first-order chi connectivity index (χ1) is 18.4. The van der Waals surface area contributed by atoms with E-state index < -0.39 is 12.0 Å². The van der Waals surface area contributed by atoms with E-state index in [1.165, 1.54) is 5.56 Å². The number of carboxylic acids is 1. The maximum Gasteiger partial charge on any atom is 0.326 e. The normalized spacial score (nSPS) is 16.3. The second kappa shape index (κ2) is 13.6. The summed E-state index contributed by atoms with van der Waals surface area (Å²) >= 11 is 1.56. The first-order valence-corrected chi connectivity index (χ1v) is 14.4. The third-order valence-electron chi connectivity index (χ3n) is 6.94. The molecule has 38 heavy (non-hydrogen) atoms. The molecule has 3 aromatic carbocycles. The molecule has 3 aromatic rings. The molecular weight excluding hydrogens is 496 g/mol. The van der Waals surface area contributed by atoms with E-state index in [1.54, 1.807) is 11.8 Å². The molecule has 0 spiro atoms. The summed E-state index contributed by atoms with van der Waals surface area (Å²) in [6.07, 6.45) is 3.49. The average molecular weight is 533 g/mol. The Hall–Kier alpha value is -3.13. The largest absolute Gasteiger partial charge is 0.480 e. The fourth-order valence-electron chi connectivity index (χ4n) is 4.84. The number of hydrogen-bond donors (Lipinski definition) is 2. The first-order valence-electron chi connectivity index (χ1n) is 13.0. The number of carbonyl (C=O) groups is 2. The van der Waals surface area contributed by atoms with Crippen LogP contribution in [0.3, 0.4) is 0 Å². The zero-order valence-electron chi connectivity index (χ0n) is 22.1. The topological polar surface area (TPSA) is 78.9 Å². The van der Waals surface area contributed by atoms with Gasteiger partial charge in [0.15, 0.2) is 0 Å². The minimum Gasteiger partial charge on any atom is -0.480 e. The van der Waals surface area contributed by atoms with Gasteiger partial charge in [-0.15, -0.1) is 0 Å². The lowest BCUT2D eigenvalue weighted by Gasteiger charge is -2.20. The molecular formula is C31H36N2O4S. The quantitative estimate of drug-likeness (QED) is 0.326. The second-order valence-electron chi connectivity index (χ2n) is 9.78. The van der Waals surface area contributed by atoms with Gasteiger partial charge in [-0.05, 0) is 71.7 Å². The standard InChI is InChI=1S/C31H36N2O4S/c1-22-8-6-7-11-26(22)28-18-24(12-13-27(28)30(34)32-29(31(35)36)15-17-38-2)19-33-16-14-25(20-33)37-21-23-9-4-3-5-10-23/h3-13,18,25,29H,14-17,19-21H2,1-2H3,(H,32,34)(H,35,36). The third kappa shape index (κ3) is 7.47. The van der Waals surface area contributed by atoms with Crippen molar-refractivity contribution >= 4 is 23.6 Å². The third-order valence-corrected chi connectivity index (χ3v) is 7.59. The molecule has 7 heteroatoms. The summed E-state index contributed by atoms with van der Waals surface area (Å²) in [6, 6.07) is 23.2. The van der Waals surface area contributed by atoms with Gasteiger partial charge >= 0.3 is 5.97 Å². The highest BCUT2D eigenvalue weighted by molar-refractivity contribution is 7.98. The Bertz CT molecular complexity index is 1230. The summed E-state index contributed by atoms with van der Waals surface area (Å²) in [6.45, 7) is 5.23. The van der Waals surface area contributed by atoms with E-state index in [4.69, 9.17) is 4.74 Å². The summed E-state index contributed by atoms with van der Waals surface area (Å²) in [5, 5.41) is 12.4. The van der Waals surface area contributed by atoms with Crippen LogP contribution in [0.2, 0.25) is 0 Å². The van der Waals surface area contributed by atoms with Gasteiger partial charge in [-0.2, -0.15) is 11.8 Å². The molecule has 6 nitrogen and oxygen atoms in total. The maximum absolute atomic E-state index is 13.3. The molecule has 1 amide bonds. The van der Waals surface area contributed by atoms with Crippen molar-refractivity contribution in [3.8, 4) is 11.1 Å². The van der Waals surface area contributed by atoms with Gasteiger partial charge in [0.2, 0.25) is 0 Å². The molecule has 2 N–H and O–H groups in total. The molecule has 0 aromatic heterocycles. The highest BCUT2D eigenvalue weighted by Gasteiger charge is 2.25. The summed E-state index contributed by atoms with van der Waals surface area (Å²) in [5.41, 5.74) is 5.64. The molecule has 1 heterocycles. The van der Waals surface area contributed by atoms with Crippen LogP contribution >= 0.6 is 11.8 Å². The van der Waals surface area contributed by atoms with E-state index >= 15 is 0 Å². The number of nitrogens with one attached hydrogen (secondary N) is 1. The smallest absolute Gasteiger partial charge is 0.326 e. The summed E-state index contributed by atoms with van der Waals surface area (Å²) in [4.78, 5) is 27.4. The summed E-state index contributed by atoms with van der Waals surface area (Å²) in [5.74, 6) is -0.717. The zero-order chi connectivity index (χ0) is 26.9. The number of rotatable bonds is 12. The number of thioether (sulfide) groups is 1. The molecule has 200 valence electrons. The molecule has 0 saturated carbocycles. The number of nitrogens with zero attached hydrogens (tertiary/aromatic N) is 1. The van der Waals surface area contributed by atoms with Crippen molar-refractivity contribution in [3.63, 3.8) is 0 Å². The lowest BCUT2D eigenvalue weighted by molar-refractivity contribution is -0.139. The van der Waals surface area contributed by atoms with Crippen LogP contribution in [0.15, 0.2) is 72.8 Å². The SMILES string of the molecule is CSCCC(NC(=O)c1ccc(CN2CCC(OCc3ccccc3)C2)cc1-c1ccccc1C)C(=O)O. The number of ether oxygens (including phenoxy) is 1. The Morgan fingerprint density at radius 3 is 2.55 bits per heavy atom. The highest BCUT2D eigenvalue weighted by Crippen LogP contribution is 2.29. The lowest BCUT2D eigenvalue weighted by Crippen LogP contribution is -2.41. The number of aryl methyl sites for hydroxylation is 1. The molecule has 0 aliphatic carbocycles. The van der Waals surface area contributed by atoms with Crippen molar-refractivity contribution < 1.29 is 19.4 Å². The van der Waals surface area contributed by atoms with Gasteiger partial charge in [-0.1, -0.05) is 60.7 Å². The van der Waals surface area contributed by atoms with Gasteiger partial charge in [-0.3, -0.25) is 9.69 Å². The monoisotopic (exact) mass is 532 g/mol. The van der Waals surface area contributed by atoms with Crippen molar-refractivity contribution in [2.24, 2.45) is 0 Å². The molecule has 2 unspecified atom stereocenters. The number of benzene rings is 3. The molecule has 1 saturated heterocycles. The minimum atomic E-state index is -1.01. The van der Waals surface area contributed by atoms with Crippen LogP contribution in [0.4, 0.5) is 0 Å². The first kappa shape index (κ1) is 27.9. The summed E-state index contributed by atoms with van der Waals surface area (Å²) in [7, 11) is 0. The van der Waals surface area contributed by atoms with Crippen LogP contribution in [0, 0.1) is 6.92 Å². The molecule has 1 fully saturated rings. The molecule has 1 aliphatic heterocycles. The van der Waals surface area contributed by atoms with Gasteiger partial charge < -0.3 is 15.2 Å². The van der Waals surface area contributed by atoms with E-state index in [0.29, 0.717) is 24.3 Å². The molecule has 1 aliphatic rings. The minimum absolute atomic E-state index is 0.199. The van der Waals surface area contributed by atoms with E-state index in [-0.39, 0.29) is 12.0 Å². The van der Waals surface area contributed by atoms with Crippen molar-refractivity contribution in [2.75, 3.05) is 25.1 Å². The van der Waals surface area contributed by atoms with Crippen LogP contribution in [-0.2, 0) is 22.7 Å². The average Bonchev–Trinajstić information content (AvgIpc) is 3.37. The van der Waals surface area contributed by atoms with E-state index in [9.17, 15) is 14.7 Å². The lowest BCUT2D eigenvalue weighted by atomic mass is 9.93. The Morgan fingerprint density at radius 2 is 1.82 bits per heavy atom. The van der Waals surface area contributed by atoms with E-state index in [2.05, 4.69) is 28.4 Å². The van der Waals surface area contributed by atoms with Crippen molar-refractivity contribution in [1.29, 1.82) is 0 Å². The Balaban J connectivity index is 1.49. The van der Waals surface area contributed by atoms with Gasteiger partial charge in [0.05, 0.1) is 12.7 Å². The number of carboxylic acid groups (broad SMARTS) is 1. The Labute approximate surface area is 229 Å². The number of carbonyl (C=O) groups excluding carboxylic acids is 1. The number of likely N-dealkylation sites (tertiary alicyclic amines) is 1. The fraction of sp³-hybridized carbons (Fsp3) is 0.355. The van der Waals surface area contributed by atoms with Gasteiger partial charge in [0, 0.05) is 25.2 Å². The van der Waals surface area contributed by atoms with Crippen LogP contribution in [-0.4, -0.2) is 59.1 Å². The predicted octanol–water partition coefficient (Wildman–Crippen LogP) is 5.39. The highest BCUT2D eigenvalue weighted by atomic mass is 32.2. The predicted molar refractivity (Wildman–Crippen MR) is 153 cm³/mol. The van der Waals surface area contributed by atoms with Crippen LogP contribution in [0.1, 0.15) is 39.9 Å². The van der Waals surface area contributed by atoms with Crippen LogP contribution in [0.5, 0.6) is 0 Å². The zero-order valence-corrected chi connectivity index (χ0v) is 22.9. The summed E-state index contributed by atoms with van der Waals surface area (Å²) < 4.78 is 6.16. The number of hydrogen-bond acceptors (Lipinski definition) is 5. The molecule has 0 radical (unpaired) electrons. The molecule has 4 rings (SSSR count). The molecule has 2 atom stereocenters. The number of amides is 1. The fourth-order valence-corrected chi connectivity index (χ4v) is 5.31. The van der Waals surface area contributed by atoms with E-state index in [1.807, 2.05) is 67.8 Å². The van der Waals surface area contributed by atoms with Gasteiger partial charge in [0.1, 0.15) is 6.04 Å². The molecule has 0 bridgehead atoms. The van der Waals surface area contributed by atoms with Crippen LogP contribution < -0.4 is 5.32 Å². The van der Waals surface area contributed by atoms with Crippen molar-refractivity contribution in [2.45, 2.75) is 45.1 Å². The number of aliphatic carboxylic acids is 1. The van der Waals surface area contributed by atoms with Crippen molar-refractivity contribution in [3.05, 3.63) is 95.1 Å². The van der Waals surface area contributed by atoms with Crippen molar-refractivity contribution in [1.82, 2.24) is 10.2 Å². The van der Waals surface area contributed by atoms with Gasteiger partial charge in [0.25, 0.3) is 5.91 Å². The van der Waals surface area contributed by atoms with Gasteiger partial charge in [-0.25, -0.2) is 4.79 Å². The van der Waals surface area contributed by atoms with Crippen LogP contribution in [0.25, 0.3) is 11.1 Å².